The van der Waals surface area contributed by atoms with Crippen molar-refractivity contribution in [3.8, 4) is 0 Å². The quantitative estimate of drug-likeness (QED) is 0.546. The molecule has 2 N–H and O–H groups in total. The number of nitrogens with one attached hydrogen (secondary N) is 2. The van der Waals surface area contributed by atoms with Gasteiger partial charge in [-0.1, -0.05) is 66.4 Å². The summed E-state index contributed by atoms with van der Waals surface area (Å²) >= 11 is 2.65. The van der Waals surface area contributed by atoms with E-state index in [4.69, 9.17) is 0 Å². The van der Waals surface area contributed by atoms with Gasteiger partial charge >= 0.3 is 0 Å². The number of rotatable bonds is 8. The highest BCUT2D eigenvalue weighted by Gasteiger charge is 2.10. The van der Waals surface area contributed by atoms with Crippen LogP contribution in [0.5, 0.6) is 0 Å². The number of aromatic nitrogens is 2. The molecule has 8 heteroatoms. The maximum Gasteiger partial charge on any atom is 0.230 e. The minimum Gasteiger partial charge on any atom is -0.355 e. The SMILES string of the molecule is C[C@H](CNC(=O)CSc1nnc(Nc2cccc(F)c2)s1)c1ccccc1. The van der Waals surface area contributed by atoms with Crippen molar-refractivity contribution >= 4 is 39.8 Å². The van der Waals surface area contributed by atoms with Crippen molar-refractivity contribution in [2.75, 3.05) is 17.6 Å². The molecule has 0 radical (unpaired) electrons. The first-order valence-corrected chi connectivity index (χ1v) is 10.2. The third-order valence-electron chi connectivity index (χ3n) is 3.78. The molecule has 0 bridgehead atoms. The Bertz CT molecular complexity index is 888. The Labute approximate surface area is 165 Å². The molecule has 0 saturated heterocycles. The monoisotopic (exact) mass is 402 g/mol. The molecule has 3 rings (SSSR count). The van der Waals surface area contributed by atoms with E-state index in [2.05, 4.69) is 39.9 Å². The summed E-state index contributed by atoms with van der Waals surface area (Å²) in [5.41, 5.74) is 1.80. The molecule has 0 unspecified atom stereocenters. The Morgan fingerprint density at radius 2 is 2.00 bits per heavy atom. The van der Waals surface area contributed by atoms with Crippen LogP contribution in [-0.2, 0) is 4.79 Å². The predicted octanol–water partition coefficient (Wildman–Crippen LogP) is 4.43. The van der Waals surface area contributed by atoms with Crippen LogP contribution < -0.4 is 10.6 Å². The molecule has 0 spiro atoms. The molecule has 1 atom stereocenters. The summed E-state index contributed by atoms with van der Waals surface area (Å²) in [7, 11) is 0. The molecule has 0 fully saturated rings. The number of halogens is 1. The summed E-state index contributed by atoms with van der Waals surface area (Å²) < 4.78 is 13.9. The smallest absolute Gasteiger partial charge is 0.230 e. The number of hydrogen-bond donors (Lipinski definition) is 2. The van der Waals surface area contributed by atoms with Crippen LogP contribution in [-0.4, -0.2) is 28.4 Å². The van der Waals surface area contributed by atoms with E-state index in [9.17, 15) is 9.18 Å². The Kier molecular flexibility index (Phi) is 6.78. The third-order valence-corrected chi connectivity index (χ3v) is 5.76. The van der Waals surface area contributed by atoms with Gasteiger partial charge in [0, 0.05) is 12.2 Å². The van der Waals surface area contributed by atoms with E-state index in [0.717, 1.165) is 0 Å². The summed E-state index contributed by atoms with van der Waals surface area (Å²) in [4.78, 5) is 12.1. The van der Waals surface area contributed by atoms with Gasteiger partial charge in [0.1, 0.15) is 5.82 Å². The minimum atomic E-state index is -0.319. The maximum atomic E-state index is 13.2. The van der Waals surface area contributed by atoms with Crippen LogP contribution in [0, 0.1) is 5.82 Å². The number of carbonyl (C=O) groups excluding carboxylic acids is 1. The third kappa shape index (κ3) is 6.04. The molecule has 3 aromatic rings. The lowest BCUT2D eigenvalue weighted by atomic mass is 10.0. The first-order chi connectivity index (χ1) is 13.1. The molecular weight excluding hydrogens is 383 g/mol. The lowest BCUT2D eigenvalue weighted by Crippen LogP contribution is -2.28. The molecule has 0 aliphatic rings. The summed E-state index contributed by atoms with van der Waals surface area (Å²) in [5.74, 6) is 0.165. The van der Waals surface area contributed by atoms with Crippen LogP contribution >= 0.6 is 23.1 Å². The summed E-state index contributed by atoms with van der Waals surface area (Å²) in [6.45, 7) is 2.67. The second kappa shape index (κ2) is 9.48. The molecule has 2 aromatic carbocycles. The van der Waals surface area contributed by atoms with Gasteiger partial charge in [-0.05, 0) is 29.7 Å². The van der Waals surface area contributed by atoms with Gasteiger partial charge < -0.3 is 10.6 Å². The van der Waals surface area contributed by atoms with Gasteiger partial charge in [-0.3, -0.25) is 4.79 Å². The molecule has 27 heavy (non-hydrogen) atoms. The highest BCUT2D eigenvalue weighted by Crippen LogP contribution is 2.27. The van der Waals surface area contributed by atoms with E-state index in [-0.39, 0.29) is 23.4 Å². The standard InChI is InChI=1S/C19H19FN4OS2/c1-13(14-6-3-2-4-7-14)11-21-17(25)12-26-19-24-23-18(27-19)22-16-9-5-8-15(20)10-16/h2-10,13H,11-12H2,1H3,(H,21,25)(H,22,23)/t13-/m1/s1. The molecular formula is C19H19FN4OS2. The van der Waals surface area contributed by atoms with Gasteiger partial charge in [-0.2, -0.15) is 0 Å². The lowest BCUT2D eigenvalue weighted by Gasteiger charge is -2.12. The lowest BCUT2D eigenvalue weighted by molar-refractivity contribution is -0.118. The van der Waals surface area contributed by atoms with Crippen molar-refractivity contribution in [1.82, 2.24) is 15.5 Å². The average molecular weight is 403 g/mol. The minimum absolute atomic E-state index is 0.0439. The fourth-order valence-electron chi connectivity index (χ4n) is 2.35. The van der Waals surface area contributed by atoms with Crippen LogP contribution in [0.1, 0.15) is 18.4 Å². The van der Waals surface area contributed by atoms with Crippen molar-refractivity contribution in [3.63, 3.8) is 0 Å². The number of carbonyl (C=O) groups is 1. The molecule has 0 saturated carbocycles. The number of benzene rings is 2. The molecule has 0 aliphatic carbocycles. The van der Waals surface area contributed by atoms with E-state index in [0.29, 0.717) is 21.7 Å². The van der Waals surface area contributed by atoms with E-state index >= 15 is 0 Å². The fourth-order valence-corrected chi connectivity index (χ4v) is 3.96. The molecule has 5 nitrogen and oxygen atoms in total. The number of hydrogen-bond acceptors (Lipinski definition) is 6. The number of anilines is 2. The predicted molar refractivity (Wildman–Crippen MR) is 108 cm³/mol. The van der Waals surface area contributed by atoms with Crippen molar-refractivity contribution < 1.29 is 9.18 Å². The molecule has 1 aromatic heterocycles. The highest BCUT2D eigenvalue weighted by molar-refractivity contribution is 8.01. The van der Waals surface area contributed by atoms with Gasteiger partial charge in [0.05, 0.1) is 5.75 Å². The van der Waals surface area contributed by atoms with E-state index in [1.165, 1.54) is 40.8 Å². The van der Waals surface area contributed by atoms with E-state index in [1.54, 1.807) is 12.1 Å². The zero-order valence-corrected chi connectivity index (χ0v) is 16.3. The van der Waals surface area contributed by atoms with Crippen LogP contribution in [0.2, 0.25) is 0 Å². The van der Waals surface area contributed by atoms with E-state index in [1.807, 2.05) is 18.2 Å². The first-order valence-electron chi connectivity index (χ1n) is 8.40. The molecule has 1 amide bonds. The summed E-state index contributed by atoms with van der Waals surface area (Å²) in [5, 5.41) is 14.6. The van der Waals surface area contributed by atoms with Gasteiger partial charge in [-0.25, -0.2) is 4.39 Å². The summed E-state index contributed by atoms with van der Waals surface area (Å²) in [6.07, 6.45) is 0. The second-order valence-electron chi connectivity index (χ2n) is 5.91. The van der Waals surface area contributed by atoms with Crippen molar-refractivity contribution in [1.29, 1.82) is 0 Å². The van der Waals surface area contributed by atoms with Gasteiger partial charge in [0.2, 0.25) is 11.0 Å². The number of amides is 1. The fraction of sp³-hybridized carbons (Fsp3) is 0.211. The maximum absolute atomic E-state index is 13.2. The normalized spacial score (nSPS) is 11.8. The number of thioether (sulfide) groups is 1. The molecule has 0 aliphatic heterocycles. The van der Waals surface area contributed by atoms with Crippen LogP contribution in [0.15, 0.2) is 58.9 Å². The van der Waals surface area contributed by atoms with Gasteiger partial charge in [-0.15, -0.1) is 10.2 Å². The first kappa shape index (κ1) is 19.3. The van der Waals surface area contributed by atoms with Gasteiger partial charge in [0.15, 0.2) is 4.34 Å². The number of nitrogens with zero attached hydrogens (tertiary/aromatic N) is 2. The largest absolute Gasteiger partial charge is 0.355 e. The Hall–Kier alpha value is -2.45. The zero-order chi connectivity index (χ0) is 19.1. The topological polar surface area (TPSA) is 66.9 Å². The van der Waals surface area contributed by atoms with Crippen molar-refractivity contribution in [3.05, 3.63) is 66.0 Å². The Balaban J connectivity index is 1.43. The van der Waals surface area contributed by atoms with E-state index < -0.39 is 0 Å². The van der Waals surface area contributed by atoms with Crippen molar-refractivity contribution in [2.45, 2.75) is 17.2 Å². The molecule has 1 heterocycles. The Morgan fingerprint density at radius 3 is 2.78 bits per heavy atom. The van der Waals surface area contributed by atoms with Crippen LogP contribution in [0.3, 0.4) is 0 Å². The van der Waals surface area contributed by atoms with Crippen LogP contribution in [0.25, 0.3) is 0 Å². The van der Waals surface area contributed by atoms with Gasteiger partial charge in [0.25, 0.3) is 0 Å². The Morgan fingerprint density at radius 1 is 1.19 bits per heavy atom. The van der Waals surface area contributed by atoms with Crippen LogP contribution in [0.4, 0.5) is 15.2 Å². The molecule has 140 valence electrons. The van der Waals surface area contributed by atoms with Crippen molar-refractivity contribution in [2.24, 2.45) is 0 Å². The zero-order valence-electron chi connectivity index (χ0n) is 14.7. The summed E-state index contributed by atoms with van der Waals surface area (Å²) in [6, 6.07) is 16.2. The highest BCUT2D eigenvalue weighted by atomic mass is 32.2. The average Bonchev–Trinajstić information content (AvgIpc) is 3.12. The second-order valence-corrected chi connectivity index (χ2v) is 8.11.